The number of ether oxygens (including phenoxy) is 2. The number of nitrogens with two attached hydrogens (primary N) is 2. The lowest BCUT2D eigenvalue weighted by Crippen LogP contribution is -2.32. The van der Waals surface area contributed by atoms with Gasteiger partial charge in [-0.1, -0.05) is 0 Å². The van der Waals surface area contributed by atoms with Crippen LogP contribution < -0.4 is 17.0 Å². The standard InChI is InChI=1S/C21H23F2N9O8P2S2/c22-7-2-31(17-12(7)16(24)26-5-27-17)11-1-8(40-41(35)43)10(38-11)4-37-42(36,44)15-13(23)9(3-33)39-20(15)32-6-28-14-18(32)29-21(25)30-19(14)34/h2,5-6,8-11,13,15,20,33H,1,3-4H2,(H6-,24,25,26,27,29,30,34,35,36,43,44)/p+1/t8-,9+,10+,11+,13+,15+,20+,42?/m0/s1. The number of nitrogen functional groups attached to an aromatic ring is 2. The monoisotopic (exact) mass is 694 g/mol. The van der Waals surface area contributed by atoms with Crippen LogP contribution in [0.15, 0.2) is 23.6 Å². The van der Waals surface area contributed by atoms with Gasteiger partial charge in [0.05, 0.1) is 24.9 Å². The second-order valence-electron chi connectivity index (χ2n) is 9.91. The minimum absolute atomic E-state index is 0.0211. The number of imidazole rings is 1. The maximum Gasteiger partial charge on any atom is 0.582 e. The van der Waals surface area contributed by atoms with Gasteiger partial charge >= 0.3 is 7.23 Å². The molecule has 9 atom stereocenters. The van der Waals surface area contributed by atoms with Gasteiger partial charge in [-0.2, -0.15) is 4.98 Å². The molecule has 4 aromatic heterocycles. The fourth-order valence-corrected chi connectivity index (χ4v) is 8.63. The number of anilines is 2. The van der Waals surface area contributed by atoms with Gasteiger partial charge in [0.2, 0.25) is 5.95 Å². The van der Waals surface area contributed by atoms with Gasteiger partial charge in [-0.05, 0) is 16.4 Å². The summed E-state index contributed by atoms with van der Waals surface area (Å²) in [5, 5.41) is 9.72. The molecule has 6 heterocycles. The van der Waals surface area contributed by atoms with Crippen LogP contribution in [0.2, 0.25) is 0 Å². The first-order chi connectivity index (χ1) is 20.9. The number of alkyl halides is 1. The molecular weight excluding hydrogens is 670 g/mol. The van der Waals surface area contributed by atoms with Crippen LogP contribution in [0.3, 0.4) is 0 Å². The molecule has 2 saturated heterocycles. The van der Waals surface area contributed by atoms with Crippen molar-refractivity contribution >= 4 is 71.7 Å². The molecule has 236 valence electrons. The van der Waals surface area contributed by atoms with E-state index in [1.54, 1.807) is 0 Å². The van der Waals surface area contributed by atoms with Crippen molar-refractivity contribution < 1.29 is 41.9 Å². The Labute approximate surface area is 256 Å². The summed E-state index contributed by atoms with van der Waals surface area (Å²) in [6.45, 7) is -5.45. The quantitative estimate of drug-likeness (QED) is 0.106. The van der Waals surface area contributed by atoms with Crippen molar-refractivity contribution in [2.24, 2.45) is 0 Å². The van der Waals surface area contributed by atoms with Crippen LogP contribution in [0.1, 0.15) is 18.9 Å². The number of fused-ring (bicyclic) bond motifs is 2. The van der Waals surface area contributed by atoms with Gasteiger partial charge < -0.3 is 40.0 Å². The number of thiol groups is 1. The Kier molecular flexibility index (Phi) is 8.46. The first-order valence-electron chi connectivity index (χ1n) is 12.7. The van der Waals surface area contributed by atoms with Gasteiger partial charge in [-0.15, -0.1) is 4.52 Å². The smallest absolute Gasteiger partial charge is 0.394 e. The van der Waals surface area contributed by atoms with Gasteiger partial charge in [0, 0.05) is 12.6 Å². The predicted molar refractivity (Wildman–Crippen MR) is 157 cm³/mol. The van der Waals surface area contributed by atoms with E-state index in [0.29, 0.717) is 0 Å². The number of hydrogen-bond donors (Lipinski definition) is 6. The number of rotatable bonds is 9. The molecule has 44 heavy (non-hydrogen) atoms. The number of H-pyrrole nitrogens is 1. The Hall–Kier alpha value is -2.71. The van der Waals surface area contributed by atoms with Gasteiger partial charge in [-0.25, -0.2) is 23.7 Å². The van der Waals surface area contributed by atoms with Crippen LogP contribution >= 0.6 is 26.0 Å². The van der Waals surface area contributed by atoms with Crippen molar-refractivity contribution in [3.63, 3.8) is 0 Å². The number of aliphatic hydroxyl groups excluding tert-OH is 1. The number of aromatic nitrogens is 7. The molecule has 0 spiro atoms. The first-order valence-corrected chi connectivity index (χ1v) is 17.8. The molecule has 0 saturated carbocycles. The van der Waals surface area contributed by atoms with Crippen LogP contribution in [0.4, 0.5) is 20.5 Å². The van der Waals surface area contributed by atoms with Crippen LogP contribution in [-0.2, 0) is 34.9 Å². The Bertz CT molecular complexity index is 1860. The highest BCUT2D eigenvalue weighted by molar-refractivity contribution is 8.39. The Morgan fingerprint density at radius 3 is 2.75 bits per heavy atom. The lowest BCUT2D eigenvalue weighted by Gasteiger charge is -2.29. The molecule has 2 fully saturated rings. The van der Waals surface area contributed by atoms with E-state index < -0.39 is 80.9 Å². The second-order valence-corrected chi connectivity index (χ2v) is 15.1. The summed E-state index contributed by atoms with van der Waals surface area (Å²) < 4.78 is 67.7. The molecule has 0 radical (unpaired) electrons. The van der Waals surface area contributed by atoms with Crippen molar-refractivity contribution in [1.82, 2.24) is 34.1 Å². The van der Waals surface area contributed by atoms with Gasteiger partial charge in [0.1, 0.15) is 60.8 Å². The summed E-state index contributed by atoms with van der Waals surface area (Å²) in [4.78, 5) is 41.9. The number of nitrogens with one attached hydrogen (secondary N) is 1. The fraction of sp³-hybridized carbons (Fsp3) is 0.476. The van der Waals surface area contributed by atoms with Crippen molar-refractivity contribution in [2.45, 2.75) is 49.0 Å². The van der Waals surface area contributed by atoms with E-state index >= 15 is 4.39 Å². The van der Waals surface area contributed by atoms with E-state index in [1.165, 1.54) is 9.13 Å². The lowest BCUT2D eigenvalue weighted by atomic mass is 10.2. The van der Waals surface area contributed by atoms with Crippen LogP contribution in [0, 0.1) is 5.82 Å². The number of halogens is 2. The minimum atomic E-state index is -4.20. The van der Waals surface area contributed by atoms with Crippen molar-refractivity contribution in [2.75, 3.05) is 24.7 Å². The minimum Gasteiger partial charge on any atom is -0.394 e. The Morgan fingerprint density at radius 2 is 2.02 bits per heavy atom. The lowest BCUT2D eigenvalue weighted by molar-refractivity contribution is -0.0361. The van der Waals surface area contributed by atoms with Crippen LogP contribution in [-0.4, -0.2) is 87.4 Å². The number of nitrogens with zero attached hydrogens (tertiary/aromatic N) is 6. The zero-order valence-corrected chi connectivity index (χ0v) is 25.6. The molecule has 0 amide bonds. The number of hydrogen-bond acceptors (Lipinski definition) is 14. The van der Waals surface area contributed by atoms with E-state index in [4.69, 9.17) is 41.8 Å². The summed E-state index contributed by atoms with van der Waals surface area (Å²) in [5.41, 5.74) is 9.15. The molecule has 4 aromatic rings. The summed E-state index contributed by atoms with van der Waals surface area (Å²) in [6.07, 6.45) is -4.34. The molecule has 17 nitrogen and oxygen atoms in total. The maximum absolute atomic E-state index is 15.7. The normalized spacial score (nSPS) is 29.0. The summed E-state index contributed by atoms with van der Waals surface area (Å²) >= 11 is 9.22. The zero-order chi connectivity index (χ0) is 31.5. The summed E-state index contributed by atoms with van der Waals surface area (Å²) in [6, 6.07) is 0. The van der Waals surface area contributed by atoms with Crippen LogP contribution in [0.25, 0.3) is 22.2 Å². The van der Waals surface area contributed by atoms with Gasteiger partial charge in [0.25, 0.3) is 5.56 Å². The average molecular weight is 695 g/mol. The highest BCUT2D eigenvalue weighted by Crippen LogP contribution is 2.58. The third kappa shape index (κ3) is 5.51. The van der Waals surface area contributed by atoms with E-state index in [9.17, 15) is 23.7 Å². The predicted octanol–water partition coefficient (Wildman–Crippen LogP) is 1.04. The molecule has 0 aliphatic carbocycles. The SMILES string of the molecule is Nc1nc2c(ncn2[C@@H]2O[C@H](CO)[C@@H](F)[C@H]2P(O)(=S)OC[C@H]2O[C@@H](n3cc(F)c4c(N)ncnc43)C[C@@H]2O[P+](=O)S)c(=O)[nH]1. The number of aromatic amines is 1. The van der Waals surface area contributed by atoms with Crippen LogP contribution in [0.5, 0.6) is 0 Å². The third-order valence-electron chi connectivity index (χ3n) is 7.30. The molecule has 2 unspecified atom stereocenters. The van der Waals surface area contributed by atoms with Gasteiger partial charge in [-0.3, -0.25) is 14.3 Å². The third-order valence-corrected chi connectivity index (χ3v) is 10.9. The van der Waals surface area contributed by atoms with E-state index in [1.807, 2.05) is 0 Å². The fourth-order valence-electron chi connectivity index (χ4n) is 5.35. The van der Waals surface area contributed by atoms with Gasteiger partial charge in [0.15, 0.2) is 35.3 Å². The maximum atomic E-state index is 15.7. The molecule has 2 aliphatic heterocycles. The summed E-state index contributed by atoms with van der Waals surface area (Å²) in [7, 11) is -2.44. The van der Waals surface area contributed by atoms with E-state index in [2.05, 4.69) is 37.2 Å². The molecular formula is C21H24F2N9O8P2S2+. The highest BCUT2D eigenvalue weighted by atomic mass is 32.7. The van der Waals surface area contributed by atoms with E-state index in [0.717, 1.165) is 18.9 Å². The molecule has 0 bridgehead atoms. The summed E-state index contributed by atoms with van der Waals surface area (Å²) in [5.74, 6) is -1.03. The van der Waals surface area contributed by atoms with Crippen molar-refractivity contribution in [1.29, 1.82) is 0 Å². The largest absolute Gasteiger partial charge is 0.582 e. The molecule has 23 heteroatoms. The Morgan fingerprint density at radius 1 is 1.25 bits per heavy atom. The topological polar surface area (TPSA) is 241 Å². The van der Waals surface area contributed by atoms with Crippen molar-refractivity contribution in [3.05, 3.63) is 35.0 Å². The zero-order valence-electron chi connectivity index (χ0n) is 22.1. The molecule has 6 rings (SSSR count). The molecule has 2 aliphatic rings. The molecule has 7 N–H and O–H groups in total. The van der Waals surface area contributed by atoms with Crippen molar-refractivity contribution in [3.8, 4) is 0 Å². The molecule has 0 aromatic carbocycles. The highest BCUT2D eigenvalue weighted by Gasteiger charge is 2.54. The second kappa shape index (κ2) is 11.9. The number of aliphatic hydroxyl groups is 1. The average Bonchev–Trinajstić information content (AvgIpc) is 3.71. The Balaban J connectivity index is 1.27. The van der Waals surface area contributed by atoms with E-state index in [-0.39, 0.29) is 40.4 Å². The first kappa shape index (κ1) is 31.3.